The molecule has 0 saturated carbocycles. The Morgan fingerprint density at radius 1 is 1.16 bits per heavy atom. The smallest absolute Gasteiger partial charge is 0.323 e. The molecule has 0 aliphatic heterocycles. The van der Waals surface area contributed by atoms with Crippen LogP contribution in [0.5, 0.6) is 0 Å². The Balaban J connectivity index is 3.00. The zero-order valence-corrected chi connectivity index (χ0v) is 10.4. The molecule has 1 rings (SSSR count). The van der Waals surface area contributed by atoms with E-state index in [-0.39, 0.29) is 16.3 Å². The number of rotatable bonds is 5. The molecule has 0 saturated heterocycles. The Morgan fingerprint density at radius 2 is 1.68 bits per heavy atom. The molecule has 1 aromatic rings. The first-order valence-electron chi connectivity index (χ1n) is 5.09. The average Bonchev–Trinajstić information content (AvgIpc) is 2.29. The number of carbonyl (C=O) groups is 3. The molecule has 19 heavy (non-hydrogen) atoms. The number of carbonyl (C=O) groups excluding carboxylic acids is 1. The van der Waals surface area contributed by atoms with Gasteiger partial charge in [-0.3, -0.25) is 14.4 Å². The van der Waals surface area contributed by atoms with E-state index in [1.54, 1.807) is 0 Å². The summed E-state index contributed by atoms with van der Waals surface area (Å²) in [6.45, 7) is -1.43. The van der Waals surface area contributed by atoms with Crippen molar-refractivity contribution >= 4 is 35.1 Å². The highest BCUT2D eigenvalue weighted by Gasteiger charge is 2.21. The molecule has 102 valence electrons. The minimum absolute atomic E-state index is 0.0735. The highest BCUT2D eigenvalue weighted by Crippen LogP contribution is 2.20. The second kappa shape index (κ2) is 6.05. The zero-order chi connectivity index (χ0) is 14.6. The highest BCUT2D eigenvalue weighted by molar-refractivity contribution is 6.33. The summed E-state index contributed by atoms with van der Waals surface area (Å²) in [5, 5.41) is 17.6. The third kappa shape index (κ3) is 4.14. The first-order chi connectivity index (χ1) is 8.81. The van der Waals surface area contributed by atoms with Crippen LogP contribution in [0, 0.1) is 0 Å². The van der Waals surface area contributed by atoms with Crippen LogP contribution in [0.2, 0.25) is 5.02 Å². The lowest BCUT2D eigenvalue weighted by Gasteiger charge is -2.18. The highest BCUT2D eigenvalue weighted by atomic mass is 35.5. The molecule has 0 aromatic heterocycles. The monoisotopic (exact) mass is 286 g/mol. The Labute approximate surface area is 113 Å². The van der Waals surface area contributed by atoms with Gasteiger partial charge in [-0.2, -0.15) is 0 Å². The lowest BCUT2D eigenvalue weighted by molar-refractivity contribution is -0.140. The van der Waals surface area contributed by atoms with Gasteiger partial charge in [-0.25, -0.2) is 0 Å². The van der Waals surface area contributed by atoms with E-state index in [0.717, 1.165) is 0 Å². The predicted octanol–water partition coefficient (Wildman–Crippen LogP) is 0.534. The van der Waals surface area contributed by atoms with E-state index in [0.29, 0.717) is 4.90 Å². The maximum atomic E-state index is 12.0. The van der Waals surface area contributed by atoms with Crippen molar-refractivity contribution in [3.8, 4) is 0 Å². The number of halogens is 1. The molecule has 0 atom stereocenters. The van der Waals surface area contributed by atoms with E-state index in [4.69, 9.17) is 27.5 Å². The van der Waals surface area contributed by atoms with Crippen LogP contribution < -0.4 is 5.73 Å². The number of amides is 1. The van der Waals surface area contributed by atoms with Crippen molar-refractivity contribution in [1.29, 1.82) is 0 Å². The summed E-state index contributed by atoms with van der Waals surface area (Å²) in [6.07, 6.45) is 0. The van der Waals surface area contributed by atoms with Gasteiger partial charge >= 0.3 is 11.9 Å². The number of aliphatic carboxylic acids is 2. The number of carboxylic acid groups (broad SMARTS) is 2. The summed E-state index contributed by atoms with van der Waals surface area (Å²) in [5.41, 5.74) is 5.75. The lowest BCUT2D eigenvalue weighted by atomic mass is 10.1. The number of nitrogen functional groups attached to an aromatic ring is 1. The molecule has 1 amide bonds. The molecule has 0 radical (unpaired) electrons. The Hall–Kier alpha value is -2.28. The van der Waals surface area contributed by atoms with Gasteiger partial charge in [0.05, 0.1) is 10.7 Å². The minimum Gasteiger partial charge on any atom is -0.480 e. The van der Waals surface area contributed by atoms with Crippen LogP contribution in [0.1, 0.15) is 10.4 Å². The van der Waals surface area contributed by atoms with E-state index in [9.17, 15) is 14.4 Å². The predicted molar refractivity (Wildman–Crippen MR) is 67.0 cm³/mol. The molecular formula is C11H11ClN2O5. The summed E-state index contributed by atoms with van der Waals surface area (Å²) in [6, 6.07) is 3.99. The molecule has 0 spiro atoms. The van der Waals surface area contributed by atoms with Crippen LogP contribution in [-0.2, 0) is 9.59 Å². The van der Waals surface area contributed by atoms with Gasteiger partial charge in [-0.15, -0.1) is 0 Å². The topological polar surface area (TPSA) is 121 Å². The van der Waals surface area contributed by atoms with Crippen LogP contribution in [0.15, 0.2) is 18.2 Å². The first kappa shape index (κ1) is 14.8. The van der Waals surface area contributed by atoms with Crippen molar-refractivity contribution in [3.63, 3.8) is 0 Å². The molecule has 0 bridgehead atoms. The number of hydrogen-bond donors (Lipinski definition) is 3. The van der Waals surface area contributed by atoms with Gasteiger partial charge in [0, 0.05) is 5.56 Å². The molecular weight excluding hydrogens is 276 g/mol. The molecule has 0 aliphatic carbocycles. The Bertz CT molecular complexity index is 516. The summed E-state index contributed by atoms with van der Waals surface area (Å²) in [5.74, 6) is -3.36. The van der Waals surface area contributed by atoms with Gasteiger partial charge < -0.3 is 20.8 Å². The van der Waals surface area contributed by atoms with E-state index in [1.165, 1.54) is 18.2 Å². The summed E-state index contributed by atoms with van der Waals surface area (Å²) >= 11 is 5.70. The Morgan fingerprint density at radius 3 is 2.11 bits per heavy atom. The van der Waals surface area contributed by atoms with Crippen LogP contribution >= 0.6 is 11.6 Å². The molecule has 8 heteroatoms. The minimum atomic E-state index is -1.31. The van der Waals surface area contributed by atoms with Gasteiger partial charge in [0.2, 0.25) is 0 Å². The lowest BCUT2D eigenvalue weighted by Crippen LogP contribution is -2.39. The molecule has 1 aromatic carbocycles. The standard InChI is InChI=1S/C11H11ClN2O5/c12-7-2-1-6(3-8(7)13)11(19)14(4-9(15)16)5-10(17)18/h1-3H,4-5,13H2,(H,15,16)(H,17,18). The third-order valence-corrected chi connectivity index (χ3v) is 2.53. The SMILES string of the molecule is Nc1cc(C(=O)N(CC(=O)O)CC(=O)O)ccc1Cl. The van der Waals surface area contributed by atoms with Gasteiger partial charge in [-0.1, -0.05) is 11.6 Å². The van der Waals surface area contributed by atoms with E-state index in [1.807, 2.05) is 0 Å². The van der Waals surface area contributed by atoms with Crippen LogP contribution in [0.25, 0.3) is 0 Å². The second-order valence-corrected chi connectivity index (χ2v) is 4.09. The summed E-state index contributed by atoms with van der Waals surface area (Å²) in [4.78, 5) is 33.9. The van der Waals surface area contributed by atoms with Crippen molar-refractivity contribution in [1.82, 2.24) is 4.90 Å². The normalized spacial score (nSPS) is 9.95. The van der Waals surface area contributed by atoms with Crippen molar-refractivity contribution in [2.24, 2.45) is 0 Å². The van der Waals surface area contributed by atoms with Crippen LogP contribution in [0.4, 0.5) is 5.69 Å². The van der Waals surface area contributed by atoms with Crippen molar-refractivity contribution in [3.05, 3.63) is 28.8 Å². The fraction of sp³-hybridized carbons (Fsp3) is 0.182. The van der Waals surface area contributed by atoms with E-state index < -0.39 is 30.9 Å². The quantitative estimate of drug-likeness (QED) is 0.679. The maximum Gasteiger partial charge on any atom is 0.323 e. The van der Waals surface area contributed by atoms with Crippen LogP contribution in [0.3, 0.4) is 0 Å². The van der Waals surface area contributed by atoms with Crippen LogP contribution in [-0.4, -0.2) is 46.0 Å². The fourth-order valence-electron chi connectivity index (χ4n) is 1.39. The number of benzene rings is 1. The first-order valence-corrected chi connectivity index (χ1v) is 5.47. The van der Waals surface area contributed by atoms with Gasteiger partial charge in [0.15, 0.2) is 0 Å². The number of nitrogens with zero attached hydrogens (tertiary/aromatic N) is 1. The average molecular weight is 287 g/mol. The third-order valence-electron chi connectivity index (χ3n) is 2.18. The molecule has 7 nitrogen and oxygen atoms in total. The number of hydrogen-bond acceptors (Lipinski definition) is 4. The zero-order valence-electron chi connectivity index (χ0n) is 9.67. The molecule has 0 heterocycles. The molecule has 4 N–H and O–H groups in total. The van der Waals surface area contributed by atoms with Gasteiger partial charge in [-0.05, 0) is 18.2 Å². The largest absolute Gasteiger partial charge is 0.480 e. The molecule has 0 aliphatic rings. The second-order valence-electron chi connectivity index (χ2n) is 3.68. The van der Waals surface area contributed by atoms with E-state index >= 15 is 0 Å². The van der Waals surface area contributed by atoms with Gasteiger partial charge in [0.1, 0.15) is 13.1 Å². The number of anilines is 1. The van der Waals surface area contributed by atoms with Crippen molar-refractivity contribution in [2.75, 3.05) is 18.8 Å². The van der Waals surface area contributed by atoms with E-state index in [2.05, 4.69) is 0 Å². The number of carboxylic acids is 2. The fourth-order valence-corrected chi connectivity index (χ4v) is 1.50. The summed E-state index contributed by atoms with van der Waals surface area (Å²) in [7, 11) is 0. The Kier molecular flexibility index (Phi) is 4.71. The van der Waals surface area contributed by atoms with Crippen molar-refractivity contribution < 1.29 is 24.6 Å². The summed E-state index contributed by atoms with van der Waals surface area (Å²) < 4.78 is 0. The van der Waals surface area contributed by atoms with Gasteiger partial charge in [0.25, 0.3) is 5.91 Å². The van der Waals surface area contributed by atoms with Crippen molar-refractivity contribution in [2.45, 2.75) is 0 Å². The maximum absolute atomic E-state index is 12.0. The molecule has 0 unspecified atom stereocenters. The number of nitrogens with two attached hydrogens (primary N) is 1. The molecule has 0 fully saturated rings.